The Morgan fingerprint density at radius 1 is 0.852 bits per heavy atom. The molecule has 0 bridgehead atoms. The van der Waals surface area contributed by atoms with Crippen molar-refractivity contribution in [2.75, 3.05) is 32.9 Å². The van der Waals surface area contributed by atoms with Crippen molar-refractivity contribution < 1.29 is 13.9 Å². The van der Waals surface area contributed by atoms with Gasteiger partial charge in [0.2, 0.25) is 11.8 Å². The summed E-state index contributed by atoms with van der Waals surface area (Å²) >= 11 is 0. The molecule has 4 rings (SSSR count). The zero-order valence-corrected chi connectivity index (χ0v) is 16.6. The fraction of sp³-hybridized carbons (Fsp3) is 0.905. The Bertz CT molecular complexity index is 551. The number of hydrogen-bond acceptors (Lipinski definition) is 6. The second-order valence-corrected chi connectivity index (χ2v) is 8.40. The molecular weight excluding hydrogens is 342 g/mol. The zero-order chi connectivity index (χ0) is 18.3. The summed E-state index contributed by atoms with van der Waals surface area (Å²) in [6.45, 7) is 4.50. The minimum absolute atomic E-state index is 0.262. The Hall–Kier alpha value is -0.980. The first-order chi connectivity index (χ1) is 13.4. The summed E-state index contributed by atoms with van der Waals surface area (Å²) in [6.07, 6.45) is 13.9. The number of ether oxygens (including phenoxy) is 2. The lowest BCUT2D eigenvalue weighted by atomic mass is 10.0. The highest BCUT2D eigenvalue weighted by Gasteiger charge is 2.30. The minimum atomic E-state index is 0.262. The Balaban J connectivity index is 1.31. The van der Waals surface area contributed by atoms with Crippen molar-refractivity contribution in [1.29, 1.82) is 0 Å². The number of nitrogens with zero attached hydrogens (tertiary/aromatic N) is 3. The van der Waals surface area contributed by atoms with Crippen LogP contribution in [0.25, 0.3) is 0 Å². The van der Waals surface area contributed by atoms with Crippen molar-refractivity contribution >= 4 is 0 Å². The van der Waals surface area contributed by atoms with Crippen LogP contribution in [-0.2, 0) is 9.47 Å². The number of rotatable bonds is 6. The van der Waals surface area contributed by atoms with Crippen LogP contribution in [0, 0.1) is 0 Å². The minimum Gasteiger partial charge on any atom is -0.423 e. The lowest BCUT2D eigenvalue weighted by Crippen LogP contribution is -2.36. The van der Waals surface area contributed by atoms with E-state index in [2.05, 4.69) is 15.1 Å². The van der Waals surface area contributed by atoms with E-state index in [1.807, 2.05) is 0 Å². The van der Waals surface area contributed by atoms with E-state index < -0.39 is 0 Å². The van der Waals surface area contributed by atoms with Gasteiger partial charge < -0.3 is 13.9 Å². The molecule has 6 nitrogen and oxygen atoms in total. The molecule has 1 saturated carbocycles. The first kappa shape index (κ1) is 19.3. The van der Waals surface area contributed by atoms with Crippen LogP contribution in [0.3, 0.4) is 0 Å². The van der Waals surface area contributed by atoms with Crippen LogP contribution in [0.5, 0.6) is 0 Å². The van der Waals surface area contributed by atoms with Crippen molar-refractivity contribution in [2.24, 2.45) is 0 Å². The number of piperidine rings is 1. The third-order valence-corrected chi connectivity index (χ3v) is 6.46. The largest absolute Gasteiger partial charge is 0.423 e. The quantitative estimate of drug-likeness (QED) is 0.692. The number of hydrogen-bond donors (Lipinski definition) is 0. The third kappa shape index (κ3) is 5.30. The van der Waals surface area contributed by atoms with E-state index in [4.69, 9.17) is 13.9 Å². The Morgan fingerprint density at radius 3 is 2.41 bits per heavy atom. The van der Waals surface area contributed by atoms with E-state index in [9.17, 15) is 0 Å². The third-order valence-electron chi connectivity index (χ3n) is 6.46. The molecule has 1 aromatic rings. The summed E-state index contributed by atoms with van der Waals surface area (Å²) in [5, 5.41) is 8.82. The van der Waals surface area contributed by atoms with Crippen LogP contribution in [-0.4, -0.2) is 54.1 Å². The molecule has 3 aliphatic rings. The average molecular weight is 378 g/mol. The second-order valence-electron chi connectivity index (χ2n) is 8.40. The van der Waals surface area contributed by atoms with Crippen molar-refractivity contribution in [1.82, 2.24) is 15.1 Å². The normalized spacial score (nSPS) is 26.9. The Morgan fingerprint density at radius 2 is 1.59 bits per heavy atom. The maximum Gasteiger partial charge on any atom is 0.233 e. The van der Waals surface area contributed by atoms with Crippen LogP contribution >= 0.6 is 0 Å². The summed E-state index contributed by atoms with van der Waals surface area (Å²) in [4.78, 5) is 2.50. The van der Waals surface area contributed by atoms with Gasteiger partial charge in [-0.15, -0.1) is 10.2 Å². The molecule has 1 aromatic heterocycles. The predicted octanol–water partition coefficient (Wildman–Crippen LogP) is 4.23. The van der Waals surface area contributed by atoms with Gasteiger partial charge in [-0.05, 0) is 45.1 Å². The molecule has 2 saturated heterocycles. The monoisotopic (exact) mass is 377 g/mol. The molecule has 0 spiro atoms. The number of likely N-dealkylation sites (tertiary alicyclic amines) is 1. The van der Waals surface area contributed by atoms with Gasteiger partial charge in [-0.3, -0.25) is 4.90 Å². The topological polar surface area (TPSA) is 60.6 Å². The van der Waals surface area contributed by atoms with E-state index in [1.54, 1.807) is 0 Å². The number of aromatic nitrogens is 2. The first-order valence-electron chi connectivity index (χ1n) is 11.2. The second kappa shape index (κ2) is 9.99. The lowest BCUT2D eigenvalue weighted by Gasteiger charge is -2.33. The van der Waals surface area contributed by atoms with Crippen LogP contribution in [0.4, 0.5) is 0 Å². The highest BCUT2D eigenvalue weighted by atomic mass is 16.5. The fourth-order valence-electron chi connectivity index (χ4n) is 4.77. The van der Waals surface area contributed by atoms with E-state index in [0.29, 0.717) is 12.0 Å². The highest BCUT2D eigenvalue weighted by molar-refractivity contribution is 4.98. The molecule has 6 heteroatoms. The Labute approximate surface area is 163 Å². The molecule has 152 valence electrons. The molecule has 27 heavy (non-hydrogen) atoms. The van der Waals surface area contributed by atoms with E-state index in [0.717, 1.165) is 64.0 Å². The molecule has 0 N–H and O–H groups in total. The van der Waals surface area contributed by atoms with Gasteiger partial charge in [0.15, 0.2) is 0 Å². The summed E-state index contributed by atoms with van der Waals surface area (Å²) in [5.74, 6) is 2.00. The van der Waals surface area contributed by atoms with Crippen molar-refractivity contribution in [2.45, 2.75) is 88.7 Å². The van der Waals surface area contributed by atoms with Gasteiger partial charge in [0, 0.05) is 25.7 Å². The van der Waals surface area contributed by atoms with Crippen LogP contribution in [0.15, 0.2) is 4.42 Å². The van der Waals surface area contributed by atoms with E-state index in [-0.39, 0.29) is 6.04 Å². The molecule has 0 radical (unpaired) electrons. The van der Waals surface area contributed by atoms with Crippen LogP contribution in [0.1, 0.15) is 94.4 Å². The lowest BCUT2D eigenvalue weighted by molar-refractivity contribution is 0.0123. The molecule has 2 aliphatic heterocycles. The summed E-state index contributed by atoms with van der Waals surface area (Å²) in [5.41, 5.74) is 0. The van der Waals surface area contributed by atoms with E-state index >= 15 is 0 Å². The van der Waals surface area contributed by atoms with Crippen molar-refractivity contribution in [3.8, 4) is 0 Å². The smallest absolute Gasteiger partial charge is 0.233 e. The van der Waals surface area contributed by atoms with Gasteiger partial charge in [0.05, 0.1) is 18.8 Å². The maximum absolute atomic E-state index is 6.23. The van der Waals surface area contributed by atoms with Gasteiger partial charge in [-0.2, -0.15) is 0 Å². The van der Waals surface area contributed by atoms with Gasteiger partial charge in [0.1, 0.15) is 0 Å². The van der Waals surface area contributed by atoms with Crippen LogP contribution in [0.2, 0.25) is 0 Å². The average Bonchev–Trinajstić information content (AvgIpc) is 3.07. The fourth-order valence-corrected chi connectivity index (χ4v) is 4.77. The highest BCUT2D eigenvalue weighted by Crippen LogP contribution is 2.33. The predicted molar refractivity (Wildman–Crippen MR) is 103 cm³/mol. The van der Waals surface area contributed by atoms with Gasteiger partial charge >= 0.3 is 0 Å². The summed E-state index contributed by atoms with van der Waals surface area (Å²) in [7, 11) is 0. The molecule has 0 amide bonds. The van der Waals surface area contributed by atoms with Gasteiger partial charge in [-0.1, -0.05) is 32.1 Å². The summed E-state index contributed by atoms with van der Waals surface area (Å²) in [6, 6.07) is 0.262. The molecule has 0 unspecified atom stereocenters. The molecule has 1 atom stereocenters. The molecular formula is C21H35N3O3. The van der Waals surface area contributed by atoms with Crippen LogP contribution < -0.4 is 0 Å². The molecule has 3 heterocycles. The summed E-state index contributed by atoms with van der Waals surface area (Å²) < 4.78 is 17.8. The first-order valence-corrected chi connectivity index (χ1v) is 11.2. The molecule has 3 fully saturated rings. The molecule has 1 aliphatic carbocycles. The van der Waals surface area contributed by atoms with Gasteiger partial charge in [-0.25, -0.2) is 0 Å². The Kier molecular flexibility index (Phi) is 7.15. The maximum atomic E-state index is 6.23. The van der Waals surface area contributed by atoms with Crippen molar-refractivity contribution in [3.05, 3.63) is 11.8 Å². The standard InChI is InChI=1S/C21H35N3O3/c1-2-4-8-18(7-3-1)26-16-13-24-12-6-5-9-19(24)21-23-22-20(27-21)17-10-14-25-15-11-17/h17-19H,1-16H2/t19-/m1/s1. The molecule has 0 aromatic carbocycles. The van der Waals surface area contributed by atoms with E-state index in [1.165, 1.54) is 51.4 Å². The zero-order valence-electron chi connectivity index (χ0n) is 16.6. The SMILES string of the molecule is C1CCCC(OCCN2CCCC[C@@H]2c2nnc(C3CCOCC3)o2)CC1. The van der Waals surface area contributed by atoms with Crippen molar-refractivity contribution in [3.63, 3.8) is 0 Å². The van der Waals surface area contributed by atoms with Gasteiger partial charge in [0.25, 0.3) is 0 Å².